The minimum absolute atomic E-state index is 0.0125. The summed E-state index contributed by atoms with van der Waals surface area (Å²) in [6, 6.07) is 9.06. The molecule has 0 radical (unpaired) electrons. The number of carbonyl (C=O) groups is 1. The van der Waals surface area contributed by atoms with Gasteiger partial charge in [-0.05, 0) is 30.1 Å². The molecule has 3 aromatic rings. The van der Waals surface area contributed by atoms with Gasteiger partial charge in [-0.2, -0.15) is 0 Å². The zero-order chi connectivity index (χ0) is 14.1. The molecule has 2 aromatic heterocycles. The van der Waals surface area contributed by atoms with Gasteiger partial charge in [0.15, 0.2) is 0 Å². The van der Waals surface area contributed by atoms with Crippen LogP contribution in [0.2, 0.25) is 0 Å². The van der Waals surface area contributed by atoms with Crippen molar-refractivity contribution in [1.29, 1.82) is 0 Å². The molecular formula is C13H10N4O2S. The van der Waals surface area contributed by atoms with E-state index in [1.54, 1.807) is 13.0 Å². The molecular weight excluding hydrogens is 276 g/mol. The van der Waals surface area contributed by atoms with Crippen molar-refractivity contribution in [2.45, 2.75) is 17.1 Å². The highest BCUT2D eigenvalue weighted by Crippen LogP contribution is 2.30. The first-order chi connectivity index (χ1) is 9.63. The predicted molar refractivity (Wildman–Crippen MR) is 73.9 cm³/mol. The molecule has 0 fully saturated rings. The second-order valence-corrected chi connectivity index (χ2v) is 5.10. The van der Waals surface area contributed by atoms with Crippen molar-refractivity contribution in [3.63, 3.8) is 0 Å². The van der Waals surface area contributed by atoms with Crippen LogP contribution in [0.15, 0.2) is 40.5 Å². The third kappa shape index (κ3) is 2.35. The van der Waals surface area contributed by atoms with E-state index in [1.807, 2.05) is 24.3 Å². The van der Waals surface area contributed by atoms with E-state index in [9.17, 15) is 4.79 Å². The van der Waals surface area contributed by atoms with Crippen molar-refractivity contribution in [1.82, 2.24) is 20.2 Å². The smallest absolute Gasteiger partial charge is 0.354 e. The lowest BCUT2D eigenvalue weighted by molar-refractivity contribution is 0.0690. The highest BCUT2D eigenvalue weighted by molar-refractivity contribution is 7.99. The first-order valence-corrected chi connectivity index (χ1v) is 6.65. The van der Waals surface area contributed by atoms with Crippen molar-refractivity contribution >= 4 is 28.5 Å². The van der Waals surface area contributed by atoms with E-state index in [0.29, 0.717) is 16.0 Å². The molecule has 0 aliphatic rings. The van der Waals surface area contributed by atoms with E-state index in [1.165, 1.54) is 11.8 Å². The largest absolute Gasteiger partial charge is 0.477 e. The Labute approximate surface area is 118 Å². The quantitative estimate of drug-likeness (QED) is 0.768. The second-order valence-electron chi connectivity index (χ2n) is 4.14. The molecule has 6 nitrogen and oxygen atoms in total. The van der Waals surface area contributed by atoms with Crippen molar-refractivity contribution in [2.24, 2.45) is 0 Å². The standard InChI is InChI=1S/C13H10N4O2S/c1-7-14-13(17-16-7)20-11-9-5-3-2-4-8(9)6-10(15-11)12(18)19/h2-6H,1H3,(H,18,19)(H,14,16,17). The molecule has 0 unspecified atom stereocenters. The molecule has 20 heavy (non-hydrogen) atoms. The summed E-state index contributed by atoms with van der Waals surface area (Å²) >= 11 is 1.24. The number of hydrogen-bond donors (Lipinski definition) is 2. The average molecular weight is 286 g/mol. The number of aryl methyl sites for hydroxylation is 1. The van der Waals surface area contributed by atoms with Gasteiger partial charge in [-0.15, -0.1) is 5.10 Å². The summed E-state index contributed by atoms with van der Waals surface area (Å²) in [5, 5.41) is 18.7. The van der Waals surface area contributed by atoms with E-state index in [2.05, 4.69) is 20.2 Å². The number of rotatable bonds is 3. The number of hydrogen-bond acceptors (Lipinski definition) is 5. The summed E-state index contributed by atoms with van der Waals surface area (Å²) in [4.78, 5) is 19.5. The van der Waals surface area contributed by atoms with Gasteiger partial charge in [0.1, 0.15) is 16.5 Å². The Balaban J connectivity index is 2.14. The van der Waals surface area contributed by atoms with E-state index < -0.39 is 5.97 Å². The van der Waals surface area contributed by atoms with Crippen LogP contribution in [0.4, 0.5) is 0 Å². The molecule has 0 saturated heterocycles. The Hall–Kier alpha value is -2.41. The molecule has 0 aliphatic carbocycles. The predicted octanol–water partition coefficient (Wildman–Crippen LogP) is 2.51. The minimum atomic E-state index is -1.05. The summed E-state index contributed by atoms with van der Waals surface area (Å²) in [6.45, 7) is 1.80. The van der Waals surface area contributed by atoms with E-state index in [0.717, 1.165) is 10.8 Å². The van der Waals surface area contributed by atoms with Crippen LogP contribution in [0.5, 0.6) is 0 Å². The Morgan fingerprint density at radius 3 is 2.80 bits per heavy atom. The van der Waals surface area contributed by atoms with Gasteiger partial charge in [0, 0.05) is 5.39 Å². The zero-order valence-corrected chi connectivity index (χ0v) is 11.3. The summed E-state index contributed by atoms with van der Waals surface area (Å²) in [7, 11) is 0. The number of H-pyrrole nitrogens is 1. The van der Waals surface area contributed by atoms with Crippen LogP contribution in [0, 0.1) is 6.92 Å². The number of carboxylic acids is 1. The maximum absolute atomic E-state index is 11.1. The van der Waals surface area contributed by atoms with Gasteiger partial charge >= 0.3 is 5.97 Å². The summed E-state index contributed by atoms with van der Waals surface area (Å²) in [5.74, 6) is -0.352. The topological polar surface area (TPSA) is 91.8 Å². The molecule has 0 aliphatic heterocycles. The van der Waals surface area contributed by atoms with Gasteiger partial charge < -0.3 is 5.11 Å². The summed E-state index contributed by atoms with van der Waals surface area (Å²) in [6.07, 6.45) is 0. The number of aromatic carboxylic acids is 1. The van der Waals surface area contributed by atoms with Crippen LogP contribution >= 0.6 is 11.8 Å². The summed E-state index contributed by atoms with van der Waals surface area (Å²) in [5.41, 5.74) is 0.0125. The second kappa shape index (κ2) is 4.93. The fourth-order valence-electron chi connectivity index (χ4n) is 1.81. The number of nitrogens with zero attached hydrogens (tertiary/aromatic N) is 3. The highest BCUT2D eigenvalue weighted by atomic mass is 32.2. The van der Waals surface area contributed by atoms with E-state index >= 15 is 0 Å². The normalized spacial score (nSPS) is 10.8. The molecule has 0 amide bonds. The van der Waals surface area contributed by atoms with Gasteiger partial charge in [0.25, 0.3) is 0 Å². The van der Waals surface area contributed by atoms with Gasteiger partial charge in [0.05, 0.1) is 0 Å². The number of aromatic amines is 1. The van der Waals surface area contributed by atoms with E-state index in [-0.39, 0.29) is 5.69 Å². The van der Waals surface area contributed by atoms with Crippen LogP contribution in [0.1, 0.15) is 16.3 Å². The molecule has 0 spiro atoms. The first-order valence-electron chi connectivity index (χ1n) is 5.83. The monoisotopic (exact) mass is 286 g/mol. The third-order valence-electron chi connectivity index (χ3n) is 2.69. The molecule has 100 valence electrons. The number of aromatic nitrogens is 4. The third-order valence-corrected chi connectivity index (χ3v) is 3.56. The molecule has 0 bridgehead atoms. The molecule has 7 heteroatoms. The van der Waals surface area contributed by atoms with Crippen molar-refractivity contribution in [2.75, 3.05) is 0 Å². The molecule has 2 N–H and O–H groups in total. The van der Waals surface area contributed by atoms with Gasteiger partial charge in [-0.1, -0.05) is 24.3 Å². The molecule has 0 atom stereocenters. The fourth-order valence-corrected chi connectivity index (χ4v) is 2.70. The molecule has 3 rings (SSSR count). The average Bonchev–Trinajstić information content (AvgIpc) is 2.84. The Kier molecular flexibility index (Phi) is 3.11. The van der Waals surface area contributed by atoms with Crippen LogP contribution in [0.3, 0.4) is 0 Å². The molecule has 0 saturated carbocycles. The van der Waals surface area contributed by atoms with E-state index in [4.69, 9.17) is 5.11 Å². The lowest BCUT2D eigenvalue weighted by Gasteiger charge is -2.05. The minimum Gasteiger partial charge on any atom is -0.477 e. The lowest BCUT2D eigenvalue weighted by Crippen LogP contribution is -2.01. The van der Waals surface area contributed by atoms with Crippen molar-refractivity contribution in [3.8, 4) is 0 Å². The van der Waals surface area contributed by atoms with Crippen LogP contribution in [-0.4, -0.2) is 31.2 Å². The van der Waals surface area contributed by atoms with Gasteiger partial charge in [-0.25, -0.2) is 14.8 Å². The zero-order valence-electron chi connectivity index (χ0n) is 10.5. The first kappa shape index (κ1) is 12.6. The maximum Gasteiger partial charge on any atom is 0.354 e. The number of fused-ring (bicyclic) bond motifs is 1. The van der Waals surface area contributed by atoms with Gasteiger partial charge in [-0.3, -0.25) is 5.10 Å². The highest BCUT2D eigenvalue weighted by Gasteiger charge is 2.13. The molecule has 2 heterocycles. The Bertz CT molecular complexity index is 800. The molecule has 1 aromatic carbocycles. The fraction of sp³-hybridized carbons (Fsp3) is 0.0769. The lowest BCUT2D eigenvalue weighted by atomic mass is 10.1. The maximum atomic E-state index is 11.1. The van der Waals surface area contributed by atoms with Crippen molar-refractivity contribution in [3.05, 3.63) is 41.9 Å². The van der Waals surface area contributed by atoms with Crippen LogP contribution in [-0.2, 0) is 0 Å². The number of nitrogens with one attached hydrogen (secondary N) is 1. The SMILES string of the molecule is Cc1nc(Sc2nc(C(=O)O)cc3ccccc23)n[nH]1. The number of benzene rings is 1. The number of carboxylic acid groups (broad SMARTS) is 1. The van der Waals surface area contributed by atoms with Gasteiger partial charge in [0.2, 0.25) is 5.16 Å². The Morgan fingerprint density at radius 2 is 2.10 bits per heavy atom. The van der Waals surface area contributed by atoms with Crippen LogP contribution in [0.25, 0.3) is 10.8 Å². The van der Waals surface area contributed by atoms with Crippen molar-refractivity contribution < 1.29 is 9.90 Å². The summed E-state index contributed by atoms with van der Waals surface area (Å²) < 4.78 is 0. The van der Waals surface area contributed by atoms with Crippen LogP contribution < -0.4 is 0 Å². The Morgan fingerprint density at radius 1 is 1.30 bits per heavy atom. The number of pyridine rings is 1.